The van der Waals surface area contributed by atoms with Crippen LogP contribution >= 0.6 is 11.6 Å². The van der Waals surface area contributed by atoms with E-state index in [0.29, 0.717) is 11.1 Å². The molecule has 0 bridgehead atoms. The summed E-state index contributed by atoms with van der Waals surface area (Å²) in [6.45, 7) is 0. The van der Waals surface area contributed by atoms with Gasteiger partial charge in [-0.2, -0.15) is 0 Å². The SMILES string of the molecule is O=Cc1c[nH]c2c(Cl)c(O)ccc12. The largest absolute Gasteiger partial charge is 0.506 e. The number of aromatic hydroxyl groups is 1. The Labute approximate surface area is 78.9 Å². The number of halogens is 1. The minimum atomic E-state index is 0.00784. The van der Waals surface area contributed by atoms with Gasteiger partial charge in [-0.1, -0.05) is 11.6 Å². The summed E-state index contributed by atoms with van der Waals surface area (Å²) in [6, 6.07) is 3.11. The van der Waals surface area contributed by atoms with Crippen LogP contribution in [0.5, 0.6) is 5.75 Å². The second-order valence-corrected chi connectivity index (χ2v) is 3.06. The van der Waals surface area contributed by atoms with E-state index in [1.807, 2.05) is 0 Å². The lowest BCUT2D eigenvalue weighted by Gasteiger charge is -1.97. The van der Waals surface area contributed by atoms with E-state index >= 15 is 0 Å². The van der Waals surface area contributed by atoms with Gasteiger partial charge < -0.3 is 10.1 Å². The summed E-state index contributed by atoms with van der Waals surface area (Å²) in [6.07, 6.45) is 2.30. The van der Waals surface area contributed by atoms with E-state index in [-0.39, 0.29) is 10.8 Å². The van der Waals surface area contributed by atoms with E-state index in [2.05, 4.69) is 4.98 Å². The average Bonchev–Trinajstić information content (AvgIpc) is 2.55. The van der Waals surface area contributed by atoms with E-state index in [4.69, 9.17) is 11.6 Å². The van der Waals surface area contributed by atoms with Crippen molar-refractivity contribution >= 4 is 28.8 Å². The number of hydrogen-bond acceptors (Lipinski definition) is 2. The van der Waals surface area contributed by atoms with Gasteiger partial charge in [-0.25, -0.2) is 0 Å². The first kappa shape index (κ1) is 8.13. The maximum Gasteiger partial charge on any atom is 0.152 e. The number of rotatable bonds is 1. The highest BCUT2D eigenvalue weighted by molar-refractivity contribution is 6.36. The van der Waals surface area contributed by atoms with Crippen LogP contribution in [0, 0.1) is 0 Å². The zero-order chi connectivity index (χ0) is 9.42. The second kappa shape index (κ2) is 2.78. The Bertz CT molecular complexity index is 476. The van der Waals surface area contributed by atoms with Gasteiger partial charge in [-0.05, 0) is 12.1 Å². The fraction of sp³-hybridized carbons (Fsp3) is 0. The molecule has 13 heavy (non-hydrogen) atoms. The summed E-state index contributed by atoms with van der Waals surface area (Å²) >= 11 is 5.80. The van der Waals surface area contributed by atoms with Gasteiger partial charge in [0.05, 0.1) is 5.52 Å². The van der Waals surface area contributed by atoms with Crippen LogP contribution in [-0.2, 0) is 0 Å². The highest BCUT2D eigenvalue weighted by Gasteiger charge is 2.08. The smallest absolute Gasteiger partial charge is 0.152 e. The van der Waals surface area contributed by atoms with Gasteiger partial charge in [0.25, 0.3) is 0 Å². The van der Waals surface area contributed by atoms with Crippen molar-refractivity contribution < 1.29 is 9.90 Å². The van der Waals surface area contributed by atoms with Crippen molar-refractivity contribution in [1.29, 1.82) is 0 Å². The Hall–Kier alpha value is -1.48. The van der Waals surface area contributed by atoms with Gasteiger partial charge in [-0.3, -0.25) is 4.79 Å². The number of H-pyrrole nitrogens is 1. The lowest BCUT2D eigenvalue weighted by molar-refractivity contribution is 0.112. The Kier molecular flexibility index (Phi) is 1.74. The molecule has 2 rings (SSSR count). The number of nitrogens with one attached hydrogen (secondary N) is 1. The van der Waals surface area contributed by atoms with Gasteiger partial charge in [0.15, 0.2) is 6.29 Å². The van der Waals surface area contributed by atoms with E-state index in [9.17, 15) is 9.90 Å². The summed E-state index contributed by atoms with van der Waals surface area (Å²) in [5, 5.41) is 10.2. The highest BCUT2D eigenvalue weighted by Crippen LogP contribution is 2.31. The predicted molar refractivity (Wildman–Crippen MR) is 50.4 cm³/mol. The number of carbonyl (C=O) groups is 1. The molecule has 0 radical (unpaired) electrons. The monoisotopic (exact) mass is 195 g/mol. The van der Waals surface area contributed by atoms with Gasteiger partial charge >= 0.3 is 0 Å². The van der Waals surface area contributed by atoms with E-state index in [1.165, 1.54) is 6.07 Å². The fourth-order valence-corrected chi connectivity index (χ4v) is 1.49. The molecule has 0 aliphatic rings. The molecule has 4 heteroatoms. The third-order valence-corrected chi connectivity index (χ3v) is 2.31. The van der Waals surface area contributed by atoms with Crippen molar-refractivity contribution in [2.24, 2.45) is 0 Å². The summed E-state index contributed by atoms with van der Waals surface area (Å²) in [7, 11) is 0. The van der Waals surface area contributed by atoms with Gasteiger partial charge in [0.2, 0.25) is 0 Å². The standard InChI is InChI=1S/C9H6ClNO2/c10-8-7(13)2-1-6-5(4-12)3-11-9(6)8/h1-4,11,13H. The molecular formula is C9H6ClNO2. The molecule has 66 valence electrons. The van der Waals surface area contributed by atoms with Gasteiger partial charge in [-0.15, -0.1) is 0 Å². The summed E-state index contributed by atoms with van der Waals surface area (Å²) in [5.74, 6) is 0.00784. The number of aromatic nitrogens is 1. The van der Waals surface area contributed by atoms with Crippen LogP contribution in [0.15, 0.2) is 18.3 Å². The Morgan fingerprint density at radius 3 is 2.92 bits per heavy atom. The molecule has 0 atom stereocenters. The van der Waals surface area contributed by atoms with Crippen molar-refractivity contribution in [2.45, 2.75) is 0 Å². The number of phenolic OH excluding ortho intramolecular Hbond substituents is 1. The number of benzene rings is 1. The molecule has 3 nitrogen and oxygen atoms in total. The number of fused-ring (bicyclic) bond motifs is 1. The van der Waals surface area contributed by atoms with Crippen LogP contribution in [0.25, 0.3) is 10.9 Å². The van der Waals surface area contributed by atoms with Crippen LogP contribution < -0.4 is 0 Å². The quantitative estimate of drug-likeness (QED) is 0.687. The maximum absolute atomic E-state index is 10.6. The molecule has 0 aliphatic carbocycles. The first-order chi connectivity index (χ1) is 6.24. The number of carbonyl (C=O) groups excluding carboxylic acids is 1. The van der Waals surface area contributed by atoms with Crippen LogP contribution in [-0.4, -0.2) is 16.4 Å². The predicted octanol–water partition coefficient (Wildman–Crippen LogP) is 2.34. The lowest BCUT2D eigenvalue weighted by atomic mass is 10.2. The van der Waals surface area contributed by atoms with Crippen molar-refractivity contribution in [1.82, 2.24) is 4.98 Å². The third kappa shape index (κ3) is 1.09. The third-order valence-electron chi connectivity index (χ3n) is 1.93. The molecule has 2 aromatic rings. The molecule has 0 saturated carbocycles. The average molecular weight is 196 g/mol. The van der Waals surface area contributed by atoms with E-state index in [1.54, 1.807) is 12.3 Å². The van der Waals surface area contributed by atoms with E-state index < -0.39 is 0 Å². The number of aromatic amines is 1. The van der Waals surface area contributed by atoms with Crippen molar-refractivity contribution in [3.05, 3.63) is 28.9 Å². The molecule has 0 fully saturated rings. The van der Waals surface area contributed by atoms with Crippen LogP contribution in [0.2, 0.25) is 5.02 Å². The van der Waals surface area contributed by atoms with Gasteiger partial charge in [0.1, 0.15) is 10.8 Å². The Morgan fingerprint density at radius 2 is 2.23 bits per heavy atom. The van der Waals surface area contributed by atoms with Crippen LogP contribution in [0.1, 0.15) is 10.4 Å². The zero-order valence-electron chi connectivity index (χ0n) is 6.54. The molecule has 0 aliphatic heterocycles. The lowest BCUT2D eigenvalue weighted by Crippen LogP contribution is -1.75. The molecule has 2 N–H and O–H groups in total. The van der Waals surface area contributed by atoms with Crippen molar-refractivity contribution in [2.75, 3.05) is 0 Å². The van der Waals surface area contributed by atoms with Gasteiger partial charge in [0, 0.05) is 17.1 Å². The molecule has 1 aromatic heterocycles. The molecule has 0 amide bonds. The molecular weight excluding hydrogens is 190 g/mol. The zero-order valence-corrected chi connectivity index (χ0v) is 7.30. The van der Waals surface area contributed by atoms with E-state index in [0.717, 1.165) is 11.7 Å². The maximum atomic E-state index is 10.6. The van der Waals surface area contributed by atoms with Crippen molar-refractivity contribution in [3.8, 4) is 5.75 Å². The summed E-state index contributed by atoms with van der Waals surface area (Å²) in [5.41, 5.74) is 1.13. The molecule has 0 spiro atoms. The Balaban J connectivity index is 2.88. The number of hydrogen-bond donors (Lipinski definition) is 2. The first-order valence-corrected chi connectivity index (χ1v) is 4.05. The van der Waals surface area contributed by atoms with Crippen LogP contribution in [0.4, 0.5) is 0 Å². The summed E-state index contributed by atoms with van der Waals surface area (Å²) in [4.78, 5) is 13.4. The minimum absolute atomic E-state index is 0.00784. The number of aldehydes is 1. The normalized spacial score (nSPS) is 10.5. The summed E-state index contributed by atoms with van der Waals surface area (Å²) < 4.78 is 0. The molecule has 1 aromatic carbocycles. The minimum Gasteiger partial charge on any atom is -0.506 e. The second-order valence-electron chi connectivity index (χ2n) is 2.68. The highest BCUT2D eigenvalue weighted by atomic mass is 35.5. The fourth-order valence-electron chi connectivity index (χ4n) is 1.27. The number of phenols is 1. The molecule has 0 saturated heterocycles. The molecule has 0 unspecified atom stereocenters. The van der Waals surface area contributed by atoms with Crippen molar-refractivity contribution in [3.63, 3.8) is 0 Å². The molecule has 1 heterocycles. The first-order valence-electron chi connectivity index (χ1n) is 3.68. The topological polar surface area (TPSA) is 53.1 Å². The Morgan fingerprint density at radius 1 is 1.46 bits per heavy atom. The van der Waals surface area contributed by atoms with Crippen LogP contribution in [0.3, 0.4) is 0 Å².